The van der Waals surface area contributed by atoms with Crippen molar-refractivity contribution in [3.63, 3.8) is 0 Å². The van der Waals surface area contributed by atoms with Crippen LogP contribution in [0.1, 0.15) is 25.1 Å². The van der Waals surface area contributed by atoms with Crippen LogP contribution in [-0.4, -0.2) is 23.2 Å². The summed E-state index contributed by atoms with van der Waals surface area (Å²) in [6, 6.07) is 7.19. The van der Waals surface area contributed by atoms with Gasteiger partial charge in [-0.05, 0) is 24.3 Å². The van der Waals surface area contributed by atoms with Gasteiger partial charge < -0.3 is 19.3 Å². The number of rotatable bonds is 7. The predicted octanol–water partition coefficient (Wildman–Crippen LogP) is 1.68. The molecule has 0 radical (unpaired) electrons. The number of nitrogens with one attached hydrogen (secondary N) is 1. The van der Waals surface area contributed by atoms with Crippen LogP contribution in [0.3, 0.4) is 0 Å². The van der Waals surface area contributed by atoms with Crippen molar-refractivity contribution in [2.45, 2.75) is 26.5 Å². The number of ether oxygens (including phenoxy) is 2. The number of amides is 1. The molecule has 1 N–H and O–H groups in total. The molecular formula is C14H17N3O4. The Bertz CT molecular complexity index is 580. The van der Waals surface area contributed by atoms with E-state index in [4.69, 9.17) is 14.0 Å². The van der Waals surface area contributed by atoms with Gasteiger partial charge in [-0.25, -0.2) is 0 Å². The van der Waals surface area contributed by atoms with Gasteiger partial charge in [0.15, 0.2) is 6.61 Å². The van der Waals surface area contributed by atoms with Crippen LogP contribution in [0, 0.1) is 0 Å². The molecule has 0 atom stereocenters. The Labute approximate surface area is 122 Å². The number of hydrogen-bond donors (Lipinski definition) is 1. The van der Waals surface area contributed by atoms with Gasteiger partial charge in [-0.2, -0.15) is 4.98 Å². The van der Waals surface area contributed by atoms with E-state index >= 15 is 0 Å². The van der Waals surface area contributed by atoms with Gasteiger partial charge in [0.25, 0.3) is 0 Å². The number of carbonyl (C=O) groups is 1. The highest BCUT2D eigenvalue weighted by Crippen LogP contribution is 2.17. The van der Waals surface area contributed by atoms with E-state index in [-0.39, 0.29) is 19.1 Å². The molecule has 0 bridgehead atoms. The van der Waals surface area contributed by atoms with Crippen molar-refractivity contribution >= 4 is 5.91 Å². The second-order valence-electron chi connectivity index (χ2n) is 4.20. The summed E-state index contributed by atoms with van der Waals surface area (Å²) >= 11 is 0. The molecule has 0 aliphatic carbocycles. The van der Waals surface area contributed by atoms with Crippen molar-refractivity contribution in [3.8, 4) is 11.5 Å². The number of methoxy groups -OCH3 is 1. The fraction of sp³-hybridized carbons (Fsp3) is 0.357. The van der Waals surface area contributed by atoms with Crippen molar-refractivity contribution in [2.75, 3.05) is 7.11 Å². The standard InChI is InChI=1S/C14H17N3O4/c1-3-13(18)15-8-14-16-12(17-21-14)9-20-11-6-4-10(19-2)5-7-11/h4-7H,3,8-9H2,1-2H3,(H,15,18). The summed E-state index contributed by atoms with van der Waals surface area (Å²) < 4.78 is 15.6. The third-order valence-electron chi connectivity index (χ3n) is 2.70. The zero-order chi connectivity index (χ0) is 15.1. The largest absolute Gasteiger partial charge is 0.497 e. The first-order valence-corrected chi connectivity index (χ1v) is 6.56. The summed E-state index contributed by atoms with van der Waals surface area (Å²) in [5.41, 5.74) is 0. The number of aromatic nitrogens is 2. The molecule has 1 amide bonds. The second-order valence-corrected chi connectivity index (χ2v) is 4.20. The Kier molecular flexibility index (Phi) is 5.14. The van der Waals surface area contributed by atoms with Crippen LogP contribution in [0.25, 0.3) is 0 Å². The fourth-order valence-corrected chi connectivity index (χ4v) is 1.54. The van der Waals surface area contributed by atoms with Crippen molar-refractivity contribution in [2.24, 2.45) is 0 Å². The monoisotopic (exact) mass is 291 g/mol. The second kappa shape index (κ2) is 7.28. The van der Waals surface area contributed by atoms with Gasteiger partial charge in [0.05, 0.1) is 13.7 Å². The quantitative estimate of drug-likeness (QED) is 0.835. The average molecular weight is 291 g/mol. The molecule has 0 saturated heterocycles. The van der Waals surface area contributed by atoms with Crippen LogP contribution in [0.15, 0.2) is 28.8 Å². The molecule has 1 aromatic heterocycles. The lowest BCUT2D eigenvalue weighted by Gasteiger charge is -2.04. The normalized spacial score (nSPS) is 10.2. The summed E-state index contributed by atoms with van der Waals surface area (Å²) in [5.74, 6) is 2.15. The van der Waals surface area contributed by atoms with E-state index in [2.05, 4.69) is 15.5 Å². The van der Waals surface area contributed by atoms with Gasteiger partial charge in [0.2, 0.25) is 17.6 Å². The first-order chi connectivity index (χ1) is 10.2. The molecule has 7 heteroatoms. The molecule has 0 saturated carbocycles. The summed E-state index contributed by atoms with van der Waals surface area (Å²) in [4.78, 5) is 15.2. The Morgan fingerprint density at radius 3 is 2.67 bits per heavy atom. The van der Waals surface area contributed by atoms with E-state index in [1.54, 1.807) is 38.3 Å². The Hall–Kier alpha value is -2.57. The summed E-state index contributed by atoms with van der Waals surface area (Å²) in [7, 11) is 1.61. The maximum atomic E-state index is 11.1. The van der Waals surface area contributed by atoms with E-state index in [1.165, 1.54) is 0 Å². The van der Waals surface area contributed by atoms with Gasteiger partial charge in [-0.3, -0.25) is 4.79 Å². The minimum absolute atomic E-state index is 0.0655. The molecule has 0 aliphatic heterocycles. The van der Waals surface area contributed by atoms with Crippen LogP contribution >= 0.6 is 0 Å². The highest BCUT2D eigenvalue weighted by molar-refractivity contribution is 5.75. The van der Waals surface area contributed by atoms with E-state index in [9.17, 15) is 4.79 Å². The Morgan fingerprint density at radius 2 is 2.00 bits per heavy atom. The molecule has 7 nitrogen and oxygen atoms in total. The minimum Gasteiger partial charge on any atom is -0.497 e. The number of benzene rings is 1. The van der Waals surface area contributed by atoms with E-state index in [0.29, 0.717) is 23.9 Å². The first-order valence-electron chi connectivity index (χ1n) is 6.56. The topological polar surface area (TPSA) is 86.5 Å². The number of carbonyl (C=O) groups excluding carboxylic acids is 1. The van der Waals surface area contributed by atoms with Crippen LogP contribution < -0.4 is 14.8 Å². The lowest BCUT2D eigenvalue weighted by atomic mass is 10.3. The Morgan fingerprint density at radius 1 is 1.29 bits per heavy atom. The van der Waals surface area contributed by atoms with Gasteiger partial charge in [0, 0.05) is 6.42 Å². The van der Waals surface area contributed by atoms with Crippen molar-refractivity contribution in [3.05, 3.63) is 36.0 Å². The highest BCUT2D eigenvalue weighted by atomic mass is 16.5. The Balaban J connectivity index is 1.83. The van der Waals surface area contributed by atoms with Crippen LogP contribution in [0.5, 0.6) is 11.5 Å². The van der Waals surface area contributed by atoms with Crippen molar-refractivity contribution in [1.82, 2.24) is 15.5 Å². The molecule has 0 unspecified atom stereocenters. The highest BCUT2D eigenvalue weighted by Gasteiger charge is 2.08. The molecule has 0 aliphatic rings. The van der Waals surface area contributed by atoms with Crippen LogP contribution in [0.4, 0.5) is 0 Å². The average Bonchev–Trinajstić information content (AvgIpc) is 2.99. The van der Waals surface area contributed by atoms with E-state index < -0.39 is 0 Å². The molecule has 1 aromatic carbocycles. The van der Waals surface area contributed by atoms with Gasteiger partial charge in [-0.15, -0.1) is 0 Å². The van der Waals surface area contributed by atoms with Crippen LogP contribution in [-0.2, 0) is 17.9 Å². The first kappa shape index (κ1) is 14.8. The van der Waals surface area contributed by atoms with E-state index in [0.717, 1.165) is 5.75 Å². The predicted molar refractivity (Wildman–Crippen MR) is 73.8 cm³/mol. The zero-order valence-corrected chi connectivity index (χ0v) is 12.0. The lowest BCUT2D eigenvalue weighted by Crippen LogP contribution is -2.21. The molecule has 2 aromatic rings. The molecule has 112 valence electrons. The summed E-state index contributed by atoms with van der Waals surface area (Å²) in [6.07, 6.45) is 0.418. The maximum absolute atomic E-state index is 11.1. The molecule has 1 heterocycles. The van der Waals surface area contributed by atoms with Gasteiger partial charge in [0.1, 0.15) is 11.5 Å². The number of hydrogen-bond acceptors (Lipinski definition) is 6. The third kappa shape index (κ3) is 4.48. The smallest absolute Gasteiger partial charge is 0.246 e. The summed E-state index contributed by atoms with van der Waals surface area (Å²) in [6.45, 7) is 2.19. The maximum Gasteiger partial charge on any atom is 0.246 e. The fourth-order valence-electron chi connectivity index (χ4n) is 1.54. The minimum atomic E-state index is -0.0655. The van der Waals surface area contributed by atoms with Crippen molar-refractivity contribution < 1.29 is 18.8 Å². The van der Waals surface area contributed by atoms with E-state index in [1.807, 2.05) is 0 Å². The number of nitrogens with zero attached hydrogens (tertiary/aromatic N) is 2. The van der Waals surface area contributed by atoms with Crippen LogP contribution in [0.2, 0.25) is 0 Å². The third-order valence-corrected chi connectivity index (χ3v) is 2.70. The van der Waals surface area contributed by atoms with Crippen molar-refractivity contribution in [1.29, 1.82) is 0 Å². The van der Waals surface area contributed by atoms with Gasteiger partial charge >= 0.3 is 0 Å². The molecular weight excluding hydrogens is 274 g/mol. The SMILES string of the molecule is CCC(=O)NCc1nc(COc2ccc(OC)cc2)no1. The summed E-state index contributed by atoms with van der Waals surface area (Å²) in [5, 5.41) is 6.44. The molecule has 2 rings (SSSR count). The zero-order valence-electron chi connectivity index (χ0n) is 12.0. The molecule has 0 spiro atoms. The van der Waals surface area contributed by atoms with Gasteiger partial charge in [-0.1, -0.05) is 12.1 Å². The molecule has 0 fully saturated rings. The lowest BCUT2D eigenvalue weighted by molar-refractivity contribution is -0.121. The molecule has 21 heavy (non-hydrogen) atoms.